The van der Waals surface area contributed by atoms with Gasteiger partial charge in [0.2, 0.25) is 11.8 Å². The Labute approximate surface area is 169 Å². The van der Waals surface area contributed by atoms with E-state index in [0.717, 1.165) is 0 Å². The minimum absolute atomic E-state index is 0.0511. The average molecular weight is 432 g/mol. The van der Waals surface area contributed by atoms with E-state index in [1.807, 2.05) is 13.8 Å². The maximum Gasteiger partial charge on any atom is 0.422 e. The van der Waals surface area contributed by atoms with E-state index in [1.54, 1.807) is 6.07 Å². The van der Waals surface area contributed by atoms with E-state index in [1.165, 1.54) is 23.4 Å². The molecule has 12 heteroatoms. The standard InChI is InChI=1S/C17H17ClF3N5O3/c1-16(2)8-29-15(27)26(16)12-3-4-22-14(25-12)24-7-10-5-11(18)13(23-6-10)28-9-17(19,20)21/h3-6H,7-9H2,1-2H3,(H,22,24,25). The zero-order valence-electron chi connectivity index (χ0n) is 15.5. The van der Waals surface area contributed by atoms with Crippen molar-refractivity contribution < 1.29 is 27.4 Å². The largest absolute Gasteiger partial charge is 0.467 e. The van der Waals surface area contributed by atoms with Crippen molar-refractivity contribution in [3.63, 3.8) is 0 Å². The van der Waals surface area contributed by atoms with Crippen LogP contribution in [-0.2, 0) is 11.3 Å². The summed E-state index contributed by atoms with van der Waals surface area (Å²) in [5.41, 5.74) is 0.0242. The Kier molecular flexibility index (Phi) is 5.69. The van der Waals surface area contributed by atoms with Crippen LogP contribution in [-0.4, -0.2) is 46.0 Å². The van der Waals surface area contributed by atoms with Crippen LogP contribution in [0.4, 0.5) is 29.7 Å². The highest BCUT2D eigenvalue weighted by Gasteiger charge is 2.41. The lowest BCUT2D eigenvalue weighted by Crippen LogP contribution is -2.42. The van der Waals surface area contributed by atoms with Crippen LogP contribution < -0.4 is 15.0 Å². The molecular formula is C17H17ClF3N5O3. The van der Waals surface area contributed by atoms with Crippen molar-refractivity contribution in [2.45, 2.75) is 32.1 Å². The summed E-state index contributed by atoms with van der Waals surface area (Å²) in [6, 6.07) is 3.02. The minimum Gasteiger partial charge on any atom is -0.467 e. The zero-order valence-corrected chi connectivity index (χ0v) is 16.2. The van der Waals surface area contributed by atoms with E-state index >= 15 is 0 Å². The van der Waals surface area contributed by atoms with E-state index < -0.39 is 24.4 Å². The van der Waals surface area contributed by atoms with Crippen LogP contribution in [0.25, 0.3) is 0 Å². The first-order valence-corrected chi connectivity index (χ1v) is 8.81. The first-order chi connectivity index (χ1) is 13.5. The predicted octanol–water partition coefficient (Wildman–Crippen LogP) is 3.81. The monoisotopic (exact) mass is 431 g/mol. The zero-order chi connectivity index (χ0) is 21.2. The molecule has 0 unspecified atom stereocenters. The molecule has 1 amide bonds. The van der Waals surface area contributed by atoms with E-state index in [4.69, 9.17) is 16.3 Å². The van der Waals surface area contributed by atoms with Crippen molar-refractivity contribution in [1.29, 1.82) is 0 Å². The highest BCUT2D eigenvalue weighted by atomic mass is 35.5. The Morgan fingerprint density at radius 1 is 1.38 bits per heavy atom. The second-order valence-corrected chi connectivity index (χ2v) is 7.24. The number of halogens is 4. The molecule has 3 rings (SSSR count). The lowest BCUT2D eigenvalue weighted by atomic mass is 10.1. The van der Waals surface area contributed by atoms with Crippen LogP contribution >= 0.6 is 11.6 Å². The summed E-state index contributed by atoms with van der Waals surface area (Å²) < 4.78 is 46.3. The number of nitrogens with one attached hydrogen (secondary N) is 1. The van der Waals surface area contributed by atoms with Crippen molar-refractivity contribution in [1.82, 2.24) is 15.0 Å². The fraction of sp³-hybridized carbons (Fsp3) is 0.412. The number of amides is 1. The number of pyridine rings is 1. The van der Waals surface area contributed by atoms with Crippen LogP contribution in [0.1, 0.15) is 19.4 Å². The Morgan fingerprint density at radius 3 is 2.76 bits per heavy atom. The Hall–Kier alpha value is -2.82. The summed E-state index contributed by atoms with van der Waals surface area (Å²) >= 11 is 5.93. The van der Waals surface area contributed by atoms with Crippen LogP contribution in [0.5, 0.6) is 5.88 Å². The molecule has 0 atom stereocenters. The molecular weight excluding hydrogens is 415 g/mol. The van der Waals surface area contributed by atoms with E-state index in [9.17, 15) is 18.0 Å². The molecule has 1 fully saturated rings. The fourth-order valence-electron chi connectivity index (χ4n) is 2.58. The van der Waals surface area contributed by atoms with Gasteiger partial charge >= 0.3 is 12.3 Å². The van der Waals surface area contributed by atoms with Gasteiger partial charge in [-0.3, -0.25) is 4.90 Å². The molecule has 156 valence electrons. The molecule has 1 aliphatic rings. The molecule has 0 radical (unpaired) electrons. The van der Waals surface area contributed by atoms with Gasteiger partial charge in [-0.25, -0.2) is 14.8 Å². The molecule has 0 bridgehead atoms. The summed E-state index contributed by atoms with van der Waals surface area (Å²) in [7, 11) is 0. The fourth-order valence-corrected chi connectivity index (χ4v) is 2.82. The number of ether oxygens (including phenoxy) is 2. The molecule has 0 aromatic carbocycles. The molecule has 0 spiro atoms. The van der Waals surface area contributed by atoms with Gasteiger partial charge in [0.1, 0.15) is 17.4 Å². The Bertz CT molecular complexity index is 910. The SMILES string of the molecule is CC1(C)COC(=O)N1c1ccnc(NCc2cnc(OCC(F)(F)F)c(Cl)c2)n1. The number of hydrogen-bond donors (Lipinski definition) is 1. The van der Waals surface area contributed by atoms with Crippen molar-refractivity contribution in [2.75, 3.05) is 23.4 Å². The summed E-state index contributed by atoms with van der Waals surface area (Å²) in [4.78, 5) is 25.6. The smallest absolute Gasteiger partial charge is 0.422 e. The lowest BCUT2D eigenvalue weighted by Gasteiger charge is -2.26. The molecule has 29 heavy (non-hydrogen) atoms. The van der Waals surface area contributed by atoms with E-state index in [0.29, 0.717) is 11.4 Å². The van der Waals surface area contributed by atoms with Gasteiger partial charge in [0.15, 0.2) is 6.61 Å². The van der Waals surface area contributed by atoms with Gasteiger partial charge in [0, 0.05) is 18.9 Å². The highest BCUT2D eigenvalue weighted by Crippen LogP contribution is 2.29. The molecule has 3 heterocycles. The summed E-state index contributed by atoms with van der Waals surface area (Å²) in [6.07, 6.45) is -2.16. The van der Waals surface area contributed by atoms with Crippen LogP contribution in [0.15, 0.2) is 24.5 Å². The van der Waals surface area contributed by atoms with Crippen LogP contribution in [0.3, 0.4) is 0 Å². The quantitative estimate of drug-likeness (QED) is 0.743. The number of nitrogens with zero attached hydrogens (tertiary/aromatic N) is 4. The minimum atomic E-state index is -4.48. The third-order valence-corrected chi connectivity index (χ3v) is 4.16. The number of cyclic esters (lactones) is 1. The first-order valence-electron chi connectivity index (χ1n) is 8.43. The molecule has 0 saturated carbocycles. The third kappa shape index (κ3) is 5.17. The molecule has 0 aliphatic carbocycles. The van der Waals surface area contributed by atoms with Crippen molar-refractivity contribution in [3.8, 4) is 5.88 Å². The lowest BCUT2D eigenvalue weighted by molar-refractivity contribution is -0.154. The Balaban J connectivity index is 1.66. The van der Waals surface area contributed by atoms with Crippen LogP contribution in [0, 0.1) is 0 Å². The number of carbonyl (C=O) groups is 1. The number of rotatable bonds is 6. The van der Waals surface area contributed by atoms with Gasteiger partial charge in [0.25, 0.3) is 0 Å². The van der Waals surface area contributed by atoms with Gasteiger partial charge in [-0.1, -0.05) is 11.6 Å². The number of hydrogen-bond acceptors (Lipinski definition) is 7. The predicted molar refractivity (Wildman–Crippen MR) is 98.1 cm³/mol. The summed E-state index contributed by atoms with van der Waals surface area (Å²) in [5.74, 6) is 0.314. The molecule has 2 aromatic heterocycles. The molecule has 2 aromatic rings. The number of alkyl halides is 3. The molecule has 8 nitrogen and oxygen atoms in total. The van der Waals surface area contributed by atoms with Gasteiger partial charge in [0.05, 0.1) is 5.54 Å². The Morgan fingerprint density at radius 2 is 2.14 bits per heavy atom. The van der Waals surface area contributed by atoms with Gasteiger partial charge in [-0.2, -0.15) is 18.2 Å². The summed E-state index contributed by atoms with van der Waals surface area (Å²) in [5, 5.41) is 2.90. The number of carbonyl (C=O) groups excluding carboxylic acids is 1. The van der Waals surface area contributed by atoms with Gasteiger partial charge < -0.3 is 14.8 Å². The van der Waals surface area contributed by atoms with Crippen molar-refractivity contribution >= 4 is 29.5 Å². The maximum atomic E-state index is 12.2. The first kappa shape index (κ1) is 20.9. The average Bonchev–Trinajstić information content (AvgIpc) is 2.91. The molecule has 1 N–H and O–H groups in total. The maximum absolute atomic E-state index is 12.2. The molecule has 1 aliphatic heterocycles. The second kappa shape index (κ2) is 7.90. The number of anilines is 2. The summed E-state index contributed by atoms with van der Waals surface area (Å²) in [6.45, 7) is 2.66. The van der Waals surface area contributed by atoms with Gasteiger partial charge in [-0.05, 0) is 31.5 Å². The number of aromatic nitrogens is 3. The second-order valence-electron chi connectivity index (χ2n) is 6.83. The topological polar surface area (TPSA) is 89.5 Å². The van der Waals surface area contributed by atoms with E-state index in [2.05, 4.69) is 25.0 Å². The normalized spacial score (nSPS) is 15.9. The van der Waals surface area contributed by atoms with Crippen LogP contribution in [0.2, 0.25) is 5.02 Å². The van der Waals surface area contributed by atoms with E-state index in [-0.39, 0.29) is 30.0 Å². The van der Waals surface area contributed by atoms with Crippen molar-refractivity contribution in [3.05, 3.63) is 35.1 Å². The molecule has 1 saturated heterocycles. The highest BCUT2D eigenvalue weighted by molar-refractivity contribution is 6.31. The van der Waals surface area contributed by atoms with Gasteiger partial charge in [-0.15, -0.1) is 0 Å². The third-order valence-electron chi connectivity index (χ3n) is 3.89. The van der Waals surface area contributed by atoms with Crippen molar-refractivity contribution in [2.24, 2.45) is 0 Å².